The summed E-state index contributed by atoms with van der Waals surface area (Å²) < 4.78 is 2.05. The van der Waals surface area contributed by atoms with E-state index in [-0.39, 0.29) is 5.91 Å². The molecule has 152 valence electrons. The van der Waals surface area contributed by atoms with Crippen molar-refractivity contribution in [2.24, 2.45) is 0 Å². The van der Waals surface area contributed by atoms with Gasteiger partial charge in [0.15, 0.2) is 5.13 Å². The summed E-state index contributed by atoms with van der Waals surface area (Å²) in [6, 6.07) is 18.1. The Hall–Kier alpha value is -2.22. The number of hydrogen-bond donors (Lipinski definition) is 0. The van der Waals surface area contributed by atoms with Crippen LogP contribution in [-0.2, 0) is 17.8 Å². The van der Waals surface area contributed by atoms with Gasteiger partial charge in [0.1, 0.15) is 0 Å². The van der Waals surface area contributed by atoms with E-state index in [2.05, 4.69) is 40.0 Å². The Bertz CT molecular complexity index is 1150. The zero-order chi connectivity index (χ0) is 20.9. The summed E-state index contributed by atoms with van der Waals surface area (Å²) in [5.74, 6) is 1.06. The molecule has 0 atom stereocenters. The second-order valence-corrected chi connectivity index (χ2v) is 9.96. The van der Waals surface area contributed by atoms with Gasteiger partial charge < -0.3 is 0 Å². The molecule has 0 aliphatic rings. The molecular formula is C23H20BrN3OS2. The SMILES string of the molecule is CCSc1ccc(CC(=O)N(Cc2ccncc2)c2nc3ccc(Br)cc3s2)cc1. The summed E-state index contributed by atoms with van der Waals surface area (Å²) >= 11 is 6.84. The molecule has 0 spiro atoms. The van der Waals surface area contributed by atoms with E-state index in [9.17, 15) is 4.79 Å². The molecule has 4 aromatic rings. The number of thiazole rings is 1. The lowest BCUT2D eigenvalue weighted by molar-refractivity contribution is -0.118. The molecular weight excluding hydrogens is 478 g/mol. The largest absolute Gasteiger partial charge is 0.283 e. The zero-order valence-corrected chi connectivity index (χ0v) is 19.6. The topological polar surface area (TPSA) is 46.1 Å². The van der Waals surface area contributed by atoms with Gasteiger partial charge in [-0.1, -0.05) is 46.3 Å². The fourth-order valence-corrected chi connectivity index (χ4v) is 5.27. The number of pyridine rings is 1. The van der Waals surface area contributed by atoms with Crippen molar-refractivity contribution in [1.82, 2.24) is 9.97 Å². The highest BCUT2D eigenvalue weighted by Crippen LogP contribution is 2.32. The van der Waals surface area contributed by atoms with E-state index in [0.717, 1.165) is 31.6 Å². The van der Waals surface area contributed by atoms with Crippen LogP contribution in [0, 0.1) is 0 Å². The monoisotopic (exact) mass is 497 g/mol. The molecule has 0 fully saturated rings. The first kappa shape index (κ1) is 21.0. The maximum absolute atomic E-state index is 13.3. The van der Waals surface area contributed by atoms with Gasteiger partial charge in [-0.3, -0.25) is 14.7 Å². The predicted octanol–water partition coefficient (Wildman–Crippen LogP) is 6.34. The Balaban J connectivity index is 1.62. The Morgan fingerprint density at radius 3 is 2.57 bits per heavy atom. The summed E-state index contributed by atoms with van der Waals surface area (Å²) in [4.78, 5) is 25.2. The van der Waals surface area contributed by atoms with E-state index in [1.807, 2.05) is 42.5 Å². The van der Waals surface area contributed by atoms with Crippen molar-refractivity contribution in [2.75, 3.05) is 10.7 Å². The minimum Gasteiger partial charge on any atom is -0.283 e. The smallest absolute Gasteiger partial charge is 0.233 e. The molecule has 2 heterocycles. The second-order valence-electron chi connectivity index (χ2n) is 6.70. The Morgan fingerprint density at radius 1 is 1.07 bits per heavy atom. The van der Waals surface area contributed by atoms with Crippen molar-refractivity contribution in [3.05, 3.63) is 82.6 Å². The fourth-order valence-electron chi connectivity index (χ4n) is 3.08. The van der Waals surface area contributed by atoms with E-state index < -0.39 is 0 Å². The highest BCUT2D eigenvalue weighted by Gasteiger charge is 2.21. The van der Waals surface area contributed by atoms with Crippen molar-refractivity contribution in [3.8, 4) is 0 Å². The minimum absolute atomic E-state index is 0.0285. The molecule has 2 aromatic heterocycles. The number of hydrogen-bond acceptors (Lipinski definition) is 5. The molecule has 4 nitrogen and oxygen atoms in total. The predicted molar refractivity (Wildman–Crippen MR) is 129 cm³/mol. The molecule has 2 aromatic carbocycles. The van der Waals surface area contributed by atoms with Gasteiger partial charge >= 0.3 is 0 Å². The first-order valence-corrected chi connectivity index (χ1v) is 12.2. The van der Waals surface area contributed by atoms with Gasteiger partial charge in [0.2, 0.25) is 5.91 Å². The van der Waals surface area contributed by atoms with E-state index in [1.165, 1.54) is 16.2 Å². The maximum atomic E-state index is 13.3. The van der Waals surface area contributed by atoms with Gasteiger partial charge in [-0.15, -0.1) is 11.8 Å². The molecule has 30 heavy (non-hydrogen) atoms. The first-order chi connectivity index (χ1) is 14.6. The molecule has 0 aliphatic carbocycles. The number of rotatable bonds is 7. The Morgan fingerprint density at radius 2 is 1.83 bits per heavy atom. The minimum atomic E-state index is 0.0285. The summed E-state index contributed by atoms with van der Waals surface area (Å²) in [5.41, 5.74) is 2.92. The average molecular weight is 498 g/mol. The number of aromatic nitrogens is 2. The normalized spacial score (nSPS) is 11.0. The van der Waals surface area contributed by atoms with Crippen LogP contribution in [0.2, 0.25) is 0 Å². The molecule has 0 saturated heterocycles. The molecule has 0 aliphatic heterocycles. The number of carbonyl (C=O) groups excluding carboxylic acids is 1. The third kappa shape index (κ3) is 5.09. The highest BCUT2D eigenvalue weighted by atomic mass is 79.9. The lowest BCUT2D eigenvalue weighted by atomic mass is 10.1. The number of thioether (sulfide) groups is 1. The van der Waals surface area contributed by atoms with Crippen molar-refractivity contribution in [2.45, 2.75) is 24.8 Å². The number of nitrogens with zero attached hydrogens (tertiary/aromatic N) is 3. The van der Waals surface area contributed by atoms with Crippen LogP contribution < -0.4 is 4.90 Å². The fraction of sp³-hybridized carbons (Fsp3) is 0.174. The van der Waals surface area contributed by atoms with Crippen molar-refractivity contribution in [1.29, 1.82) is 0 Å². The molecule has 0 bridgehead atoms. The Kier molecular flexibility index (Phi) is 6.82. The molecule has 0 radical (unpaired) electrons. The third-order valence-electron chi connectivity index (χ3n) is 4.55. The number of carbonyl (C=O) groups is 1. The summed E-state index contributed by atoms with van der Waals surface area (Å²) in [5, 5.41) is 0.711. The molecule has 0 saturated carbocycles. The zero-order valence-electron chi connectivity index (χ0n) is 16.4. The van der Waals surface area contributed by atoms with Crippen molar-refractivity contribution >= 4 is 60.3 Å². The van der Waals surface area contributed by atoms with Gasteiger partial charge in [-0.05, 0) is 59.3 Å². The van der Waals surface area contributed by atoms with Crippen LogP contribution in [0.25, 0.3) is 10.2 Å². The Labute approximate surface area is 192 Å². The van der Waals surface area contributed by atoms with E-state index >= 15 is 0 Å². The quantitative estimate of drug-likeness (QED) is 0.279. The van der Waals surface area contributed by atoms with Crippen LogP contribution in [0.1, 0.15) is 18.1 Å². The standard InChI is InChI=1S/C23H20BrN3OS2/c1-2-29-19-6-3-16(4-7-19)13-22(28)27(15-17-9-11-25-12-10-17)23-26-20-8-5-18(24)14-21(20)30-23/h3-12,14H,2,13,15H2,1H3. The lowest BCUT2D eigenvalue weighted by Gasteiger charge is -2.20. The molecule has 0 unspecified atom stereocenters. The summed E-state index contributed by atoms with van der Waals surface area (Å²) in [7, 11) is 0. The molecule has 7 heteroatoms. The number of fused-ring (bicyclic) bond motifs is 1. The van der Waals surface area contributed by atoms with Crippen LogP contribution in [0.3, 0.4) is 0 Å². The number of benzene rings is 2. The molecule has 0 N–H and O–H groups in total. The lowest BCUT2D eigenvalue weighted by Crippen LogP contribution is -2.31. The summed E-state index contributed by atoms with van der Waals surface area (Å²) in [6.45, 7) is 2.60. The molecule has 1 amide bonds. The maximum Gasteiger partial charge on any atom is 0.233 e. The van der Waals surface area contributed by atoms with E-state index in [0.29, 0.717) is 18.1 Å². The van der Waals surface area contributed by atoms with Crippen LogP contribution in [-0.4, -0.2) is 21.6 Å². The van der Waals surface area contributed by atoms with Crippen molar-refractivity contribution in [3.63, 3.8) is 0 Å². The average Bonchev–Trinajstić information content (AvgIpc) is 3.17. The van der Waals surface area contributed by atoms with Crippen LogP contribution in [0.4, 0.5) is 5.13 Å². The number of amides is 1. The van der Waals surface area contributed by atoms with Gasteiger partial charge in [-0.25, -0.2) is 4.98 Å². The van der Waals surface area contributed by atoms with Crippen LogP contribution >= 0.6 is 39.0 Å². The third-order valence-corrected chi connectivity index (χ3v) is 6.98. The van der Waals surface area contributed by atoms with Gasteiger partial charge in [0, 0.05) is 21.8 Å². The van der Waals surface area contributed by atoms with Gasteiger partial charge in [0.05, 0.1) is 23.2 Å². The van der Waals surface area contributed by atoms with Gasteiger partial charge in [0.25, 0.3) is 0 Å². The van der Waals surface area contributed by atoms with E-state index in [4.69, 9.17) is 4.98 Å². The molecule has 4 rings (SSSR count). The highest BCUT2D eigenvalue weighted by molar-refractivity contribution is 9.10. The van der Waals surface area contributed by atoms with Crippen LogP contribution in [0.5, 0.6) is 0 Å². The second kappa shape index (κ2) is 9.73. The van der Waals surface area contributed by atoms with Crippen molar-refractivity contribution < 1.29 is 4.79 Å². The number of anilines is 1. The summed E-state index contributed by atoms with van der Waals surface area (Å²) in [6.07, 6.45) is 3.83. The number of halogens is 1. The van der Waals surface area contributed by atoms with Gasteiger partial charge in [-0.2, -0.15) is 0 Å². The first-order valence-electron chi connectivity index (χ1n) is 9.59. The van der Waals surface area contributed by atoms with Crippen LogP contribution in [0.15, 0.2) is 76.4 Å². The van der Waals surface area contributed by atoms with E-state index in [1.54, 1.807) is 29.1 Å².